The maximum absolute atomic E-state index is 13.2. The molecule has 182 valence electrons. The zero-order valence-electron chi connectivity index (χ0n) is 20.4. The predicted molar refractivity (Wildman–Crippen MR) is 136 cm³/mol. The Balaban J connectivity index is 1.14. The molecule has 3 aromatic rings. The lowest BCUT2D eigenvalue weighted by Gasteiger charge is -2.36. The highest BCUT2D eigenvalue weighted by atomic mass is 16.5. The number of hydrogen-bond donors (Lipinski definition) is 1. The van der Waals surface area contributed by atoms with Crippen LogP contribution >= 0.6 is 0 Å². The van der Waals surface area contributed by atoms with Gasteiger partial charge in [0.2, 0.25) is 0 Å². The van der Waals surface area contributed by atoms with Crippen molar-refractivity contribution in [3.05, 3.63) is 76.9 Å². The fraction of sp³-hybridized carbons (Fsp3) is 0.379. The van der Waals surface area contributed by atoms with Crippen molar-refractivity contribution in [2.75, 3.05) is 32.8 Å². The number of ether oxygens (including phenoxy) is 1. The normalized spacial score (nSPS) is 17.7. The summed E-state index contributed by atoms with van der Waals surface area (Å²) in [5.74, 6) is 0.685. The number of aliphatic hydroxyl groups is 1. The van der Waals surface area contributed by atoms with Crippen LogP contribution in [0.3, 0.4) is 0 Å². The van der Waals surface area contributed by atoms with E-state index in [0.29, 0.717) is 24.2 Å². The monoisotopic (exact) mass is 472 g/mol. The molecule has 2 amide bonds. The Kier molecular flexibility index (Phi) is 6.58. The Morgan fingerprint density at radius 3 is 2.29 bits per heavy atom. The lowest BCUT2D eigenvalue weighted by Crippen LogP contribution is -2.46. The molecule has 1 atom stereocenters. The number of piperidine rings is 1. The van der Waals surface area contributed by atoms with E-state index in [9.17, 15) is 14.7 Å². The zero-order valence-corrected chi connectivity index (χ0v) is 20.4. The molecular formula is C29H32N2O4. The number of carbonyl (C=O) groups is 2. The lowest BCUT2D eigenvalue weighted by molar-refractivity contribution is 0.0452. The number of nitrogens with zero attached hydrogens (tertiary/aromatic N) is 2. The molecule has 6 heteroatoms. The minimum Gasteiger partial charge on any atom is -0.491 e. The molecule has 2 heterocycles. The van der Waals surface area contributed by atoms with Crippen LogP contribution in [0.1, 0.15) is 44.7 Å². The summed E-state index contributed by atoms with van der Waals surface area (Å²) in [6.45, 7) is 6.93. The largest absolute Gasteiger partial charge is 0.491 e. The van der Waals surface area contributed by atoms with Gasteiger partial charge in [-0.3, -0.25) is 14.5 Å². The Hall–Kier alpha value is -3.22. The molecule has 2 aliphatic rings. The van der Waals surface area contributed by atoms with E-state index in [-0.39, 0.29) is 24.3 Å². The first-order valence-electron chi connectivity index (χ1n) is 12.4. The molecule has 0 saturated carbocycles. The van der Waals surface area contributed by atoms with Gasteiger partial charge in [0, 0.05) is 29.6 Å². The van der Waals surface area contributed by atoms with Gasteiger partial charge in [-0.2, -0.15) is 0 Å². The molecule has 6 nitrogen and oxygen atoms in total. The summed E-state index contributed by atoms with van der Waals surface area (Å²) in [6, 6.07) is 17.3. The maximum atomic E-state index is 13.2. The van der Waals surface area contributed by atoms with Crippen molar-refractivity contribution in [1.82, 2.24) is 9.80 Å². The van der Waals surface area contributed by atoms with Gasteiger partial charge in [-0.1, -0.05) is 36.4 Å². The van der Waals surface area contributed by atoms with Gasteiger partial charge in [0.05, 0.1) is 0 Å². The van der Waals surface area contributed by atoms with Crippen LogP contribution in [-0.4, -0.2) is 65.6 Å². The highest BCUT2D eigenvalue weighted by Gasteiger charge is 2.34. The molecule has 0 spiro atoms. The summed E-state index contributed by atoms with van der Waals surface area (Å²) in [5.41, 5.74) is 3.42. The number of amides is 2. The summed E-state index contributed by atoms with van der Waals surface area (Å²) >= 11 is 0. The fourth-order valence-electron chi connectivity index (χ4n) is 5.26. The molecule has 5 rings (SSSR count). The van der Waals surface area contributed by atoms with E-state index >= 15 is 0 Å². The second kappa shape index (κ2) is 9.80. The number of hydrogen-bond acceptors (Lipinski definition) is 5. The first kappa shape index (κ1) is 23.5. The van der Waals surface area contributed by atoms with Gasteiger partial charge in [0.1, 0.15) is 18.5 Å². The minimum absolute atomic E-state index is 0.194. The van der Waals surface area contributed by atoms with Crippen LogP contribution < -0.4 is 4.74 Å². The highest BCUT2D eigenvalue weighted by Crippen LogP contribution is 2.31. The van der Waals surface area contributed by atoms with Gasteiger partial charge in [-0.15, -0.1) is 0 Å². The number of likely N-dealkylation sites (tertiary alicyclic amines) is 1. The third-order valence-corrected chi connectivity index (χ3v) is 7.25. The van der Waals surface area contributed by atoms with Crippen LogP contribution in [0.25, 0.3) is 10.8 Å². The average molecular weight is 473 g/mol. The van der Waals surface area contributed by atoms with E-state index < -0.39 is 6.10 Å². The van der Waals surface area contributed by atoms with Crippen molar-refractivity contribution in [2.45, 2.75) is 32.8 Å². The van der Waals surface area contributed by atoms with Crippen molar-refractivity contribution in [3.63, 3.8) is 0 Å². The van der Waals surface area contributed by atoms with Crippen LogP contribution in [0.4, 0.5) is 0 Å². The second-order valence-corrected chi connectivity index (χ2v) is 9.91. The van der Waals surface area contributed by atoms with Gasteiger partial charge in [0.15, 0.2) is 0 Å². The third-order valence-electron chi connectivity index (χ3n) is 7.25. The molecule has 2 aliphatic heterocycles. The molecular weight excluding hydrogens is 440 g/mol. The molecule has 3 aromatic carbocycles. The number of benzene rings is 3. The Bertz CT molecular complexity index is 1210. The van der Waals surface area contributed by atoms with Crippen molar-refractivity contribution >= 4 is 22.6 Å². The Morgan fingerprint density at radius 2 is 1.63 bits per heavy atom. The summed E-state index contributed by atoms with van der Waals surface area (Å²) in [7, 11) is 0. The van der Waals surface area contributed by atoms with Gasteiger partial charge in [-0.05, 0) is 80.4 Å². The first-order valence-corrected chi connectivity index (χ1v) is 12.4. The standard InChI is InChI=1S/C29H32N2O4/c1-19-9-10-20(2)26(15-19)35-18-23(32)17-30-13-11-21(12-14-30)16-31-28(33)24-7-3-5-22-6-4-8-25(27(22)24)29(31)34/h3-10,15,21,23,32H,11-14,16-18H2,1-2H3/t23-/m1/s1. The zero-order chi connectivity index (χ0) is 24.5. The second-order valence-electron chi connectivity index (χ2n) is 9.91. The number of aryl methyl sites for hydroxylation is 2. The Morgan fingerprint density at radius 1 is 0.971 bits per heavy atom. The number of aliphatic hydroxyl groups excluding tert-OH is 1. The third kappa shape index (κ3) is 4.81. The minimum atomic E-state index is -0.575. The van der Waals surface area contributed by atoms with E-state index in [1.54, 1.807) is 0 Å². The number of β-amino-alcohol motifs (C(OH)–C–C–N with tert-alkyl or cyclic N) is 1. The molecule has 0 radical (unpaired) electrons. The van der Waals surface area contributed by atoms with E-state index in [1.807, 2.05) is 68.4 Å². The van der Waals surface area contributed by atoms with Crippen LogP contribution in [0.15, 0.2) is 54.6 Å². The van der Waals surface area contributed by atoms with E-state index in [1.165, 1.54) is 4.90 Å². The summed E-state index contributed by atoms with van der Waals surface area (Å²) in [5, 5.41) is 12.2. The van der Waals surface area contributed by atoms with Crippen molar-refractivity contribution in [3.8, 4) is 5.75 Å². The molecule has 1 saturated heterocycles. The van der Waals surface area contributed by atoms with E-state index in [4.69, 9.17) is 4.74 Å². The topological polar surface area (TPSA) is 70.1 Å². The van der Waals surface area contributed by atoms with Crippen molar-refractivity contribution in [2.24, 2.45) is 5.92 Å². The van der Waals surface area contributed by atoms with Gasteiger partial charge >= 0.3 is 0 Å². The summed E-state index contributed by atoms with van der Waals surface area (Å²) in [4.78, 5) is 30.0. The molecule has 1 fully saturated rings. The number of carbonyl (C=O) groups excluding carboxylic acids is 2. The maximum Gasteiger partial charge on any atom is 0.261 e. The summed E-state index contributed by atoms with van der Waals surface area (Å²) in [6.07, 6.45) is 1.19. The molecule has 1 N–H and O–H groups in total. The molecule has 0 bridgehead atoms. The number of rotatable bonds is 7. The molecule has 0 aromatic heterocycles. The smallest absolute Gasteiger partial charge is 0.261 e. The van der Waals surface area contributed by atoms with Crippen LogP contribution in [0.2, 0.25) is 0 Å². The first-order chi connectivity index (χ1) is 16.9. The molecule has 0 aliphatic carbocycles. The molecule has 0 unspecified atom stereocenters. The van der Waals surface area contributed by atoms with E-state index in [2.05, 4.69) is 4.90 Å². The van der Waals surface area contributed by atoms with Crippen LogP contribution in [0, 0.1) is 19.8 Å². The van der Waals surface area contributed by atoms with Crippen molar-refractivity contribution < 1.29 is 19.4 Å². The fourth-order valence-corrected chi connectivity index (χ4v) is 5.26. The van der Waals surface area contributed by atoms with Crippen LogP contribution in [0.5, 0.6) is 5.75 Å². The SMILES string of the molecule is Cc1ccc(C)c(OC[C@H](O)CN2CCC(CN3C(=O)c4cccc5cccc(c45)C3=O)CC2)c1. The highest BCUT2D eigenvalue weighted by molar-refractivity contribution is 6.25. The van der Waals surface area contributed by atoms with Crippen LogP contribution in [-0.2, 0) is 0 Å². The number of imide groups is 1. The van der Waals surface area contributed by atoms with E-state index in [0.717, 1.165) is 53.6 Å². The average Bonchev–Trinajstić information content (AvgIpc) is 2.86. The Labute approximate surface area is 206 Å². The quantitative estimate of drug-likeness (QED) is 0.522. The van der Waals surface area contributed by atoms with Gasteiger partial charge in [0.25, 0.3) is 11.8 Å². The lowest BCUT2D eigenvalue weighted by atomic mass is 9.91. The predicted octanol–water partition coefficient (Wildman–Crippen LogP) is 4.20. The summed E-state index contributed by atoms with van der Waals surface area (Å²) < 4.78 is 5.86. The molecule has 35 heavy (non-hydrogen) atoms. The van der Waals surface area contributed by atoms with Gasteiger partial charge < -0.3 is 14.7 Å². The van der Waals surface area contributed by atoms with Crippen molar-refractivity contribution in [1.29, 1.82) is 0 Å². The van der Waals surface area contributed by atoms with Gasteiger partial charge in [-0.25, -0.2) is 0 Å².